The van der Waals surface area contributed by atoms with E-state index in [0.717, 1.165) is 75.9 Å². The molecule has 4 rings (SSSR count). The summed E-state index contributed by atoms with van der Waals surface area (Å²) < 4.78 is 5.35. The van der Waals surface area contributed by atoms with Crippen LogP contribution in [0, 0.1) is 13.8 Å². The lowest BCUT2D eigenvalue weighted by molar-refractivity contribution is 0.172. The van der Waals surface area contributed by atoms with E-state index in [4.69, 9.17) is 4.74 Å². The Labute approximate surface area is 202 Å². The second-order valence-corrected chi connectivity index (χ2v) is 8.68. The van der Waals surface area contributed by atoms with E-state index in [1.54, 1.807) is 7.11 Å². The van der Waals surface area contributed by atoms with Crippen LogP contribution in [0.4, 0.5) is 16.4 Å². The molecule has 1 aromatic heterocycles. The van der Waals surface area contributed by atoms with Crippen LogP contribution >= 0.6 is 12.4 Å². The minimum Gasteiger partial charge on any atom is -0.495 e. The Bertz CT molecular complexity index is 915. The third-order valence-corrected chi connectivity index (χ3v) is 6.40. The number of ether oxygens (including phenoxy) is 1. The number of rotatable bonds is 4. The largest absolute Gasteiger partial charge is 0.495 e. The number of benzene rings is 1. The third-order valence-electron chi connectivity index (χ3n) is 6.40. The molecule has 2 aromatic rings. The van der Waals surface area contributed by atoms with Crippen LogP contribution in [-0.2, 0) is 0 Å². The van der Waals surface area contributed by atoms with Gasteiger partial charge in [0, 0.05) is 56.7 Å². The Morgan fingerprint density at radius 1 is 1.00 bits per heavy atom. The summed E-state index contributed by atoms with van der Waals surface area (Å²) in [5.41, 5.74) is 2.75. The van der Waals surface area contributed by atoms with Crippen LogP contribution in [0.5, 0.6) is 5.75 Å². The van der Waals surface area contributed by atoms with E-state index in [1.165, 1.54) is 0 Å². The number of aromatic nitrogens is 2. The number of hydrogen-bond donors (Lipinski definition) is 1. The average Bonchev–Trinajstić information content (AvgIpc) is 3.05. The summed E-state index contributed by atoms with van der Waals surface area (Å²) in [6, 6.07) is 10.0. The Morgan fingerprint density at radius 2 is 1.70 bits per heavy atom. The molecule has 2 amide bonds. The Morgan fingerprint density at radius 3 is 2.39 bits per heavy atom. The zero-order valence-electron chi connectivity index (χ0n) is 19.8. The second kappa shape index (κ2) is 11.5. The number of methoxy groups -OCH3 is 1. The van der Waals surface area contributed by atoms with Gasteiger partial charge in [0.2, 0.25) is 5.95 Å². The molecule has 2 aliphatic rings. The number of hydrogen-bond acceptors (Lipinski definition) is 6. The molecule has 2 fully saturated rings. The molecule has 0 aliphatic carbocycles. The molecule has 1 aromatic carbocycles. The van der Waals surface area contributed by atoms with Crippen LogP contribution in [0.3, 0.4) is 0 Å². The number of nitrogens with one attached hydrogen (secondary N) is 1. The van der Waals surface area contributed by atoms with E-state index < -0.39 is 0 Å². The van der Waals surface area contributed by atoms with E-state index in [2.05, 4.69) is 25.1 Å². The fraction of sp³-hybridized carbons (Fsp3) is 0.542. The van der Waals surface area contributed by atoms with Crippen molar-refractivity contribution in [2.75, 3.05) is 56.6 Å². The van der Waals surface area contributed by atoms with Gasteiger partial charge in [-0.2, -0.15) is 0 Å². The monoisotopic (exact) mass is 474 g/mol. The van der Waals surface area contributed by atoms with Crippen molar-refractivity contribution in [3.8, 4) is 5.75 Å². The summed E-state index contributed by atoms with van der Waals surface area (Å²) in [5.74, 6) is 1.54. The molecule has 0 unspecified atom stereocenters. The zero-order valence-corrected chi connectivity index (χ0v) is 20.6. The highest BCUT2D eigenvalue weighted by molar-refractivity contribution is 5.91. The first-order chi connectivity index (χ1) is 15.5. The molecule has 0 saturated carbocycles. The topological polar surface area (TPSA) is 73.8 Å². The van der Waals surface area contributed by atoms with Crippen LogP contribution in [0.25, 0.3) is 0 Å². The van der Waals surface area contributed by atoms with Crippen LogP contribution < -0.4 is 15.0 Å². The molecule has 180 valence electrons. The summed E-state index contributed by atoms with van der Waals surface area (Å²) >= 11 is 0. The van der Waals surface area contributed by atoms with Crippen molar-refractivity contribution in [1.29, 1.82) is 0 Å². The van der Waals surface area contributed by atoms with Crippen LogP contribution in [0.2, 0.25) is 0 Å². The van der Waals surface area contributed by atoms with Crippen molar-refractivity contribution in [3.63, 3.8) is 0 Å². The number of halogens is 1. The highest BCUT2D eigenvalue weighted by Crippen LogP contribution is 2.24. The maximum absolute atomic E-state index is 12.8. The molecule has 33 heavy (non-hydrogen) atoms. The van der Waals surface area contributed by atoms with Crippen LogP contribution in [-0.4, -0.2) is 78.2 Å². The van der Waals surface area contributed by atoms with Crippen molar-refractivity contribution in [3.05, 3.63) is 41.7 Å². The molecular weight excluding hydrogens is 440 g/mol. The van der Waals surface area contributed by atoms with E-state index in [9.17, 15) is 4.79 Å². The van der Waals surface area contributed by atoms with E-state index in [-0.39, 0.29) is 18.4 Å². The Kier molecular flexibility index (Phi) is 8.74. The molecule has 8 nitrogen and oxygen atoms in total. The zero-order chi connectivity index (χ0) is 22.5. The number of urea groups is 1. The molecule has 3 heterocycles. The van der Waals surface area contributed by atoms with Crippen molar-refractivity contribution < 1.29 is 9.53 Å². The van der Waals surface area contributed by atoms with Gasteiger partial charge in [0.25, 0.3) is 0 Å². The number of piperidine rings is 1. The molecule has 0 atom stereocenters. The van der Waals surface area contributed by atoms with Gasteiger partial charge in [-0.05, 0) is 51.3 Å². The quantitative estimate of drug-likeness (QED) is 0.727. The Hall–Kier alpha value is -2.58. The minimum atomic E-state index is -0.0573. The maximum atomic E-state index is 12.8. The van der Waals surface area contributed by atoms with Gasteiger partial charge in [0.15, 0.2) is 0 Å². The summed E-state index contributed by atoms with van der Waals surface area (Å²) in [7, 11) is 1.62. The third kappa shape index (κ3) is 6.26. The molecule has 9 heteroatoms. The molecule has 0 bridgehead atoms. The predicted octanol–water partition coefficient (Wildman–Crippen LogP) is 3.73. The number of carbonyl (C=O) groups is 1. The summed E-state index contributed by atoms with van der Waals surface area (Å²) in [5, 5.41) is 3.01. The predicted molar refractivity (Wildman–Crippen MR) is 134 cm³/mol. The lowest BCUT2D eigenvalue weighted by Gasteiger charge is -2.38. The molecule has 0 spiro atoms. The lowest BCUT2D eigenvalue weighted by atomic mass is 10.0. The molecular formula is C24H35ClN6O2. The van der Waals surface area contributed by atoms with Crippen molar-refractivity contribution >= 4 is 30.1 Å². The fourth-order valence-corrected chi connectivity index (χ4v) is 4.73. The first kappa shape index (κ1) is 25.1. The highest BCUT2D eigenvalue weighted by atomic mass is 35.5. The standard InChI is InChI=1S/C24H34N6O2.ClH/c1-18-17-19(2)26-23(25-18)29-13-9-20(10-14-29)28-11-6-12-30(16-15-28)24(31)27-21-7-4-5-8-22(21)32-3;/h4-5,7-8,17,20H,6,9-16H2,1-3H3,(H,27,31);1H. The van der Waals surface area contributed by atoms with Gasteiger partial charge in [-0.15, -0.1) is 12.4 Å². The van der Waals surface area contributed by atoms with Gasteiger partial charge < -0.3 is 19.9 Å². The van der Waals surface area contributed by atoms with Crippen molar-refractivity contribution in [2.45, 2.75) is 39.2 Å². The maximum Gasteiger partial charge on any atom is 0.321 e. The van der Waals surface area contributed by atoms with Crippen LogP contribution in [0.15, 0.2) is 30.3 Å². The van der Waals surface area contributed by atoms with Gasteiger partial charge in [-0.3, -0.25) is 4.90 Å². The van der Waals surface area contributed by atoms with Gasteiger partial charge in [-0.25, -0.2) is 14.8 Å². The molecule has 2 aliphatic heterocycles. The number of carbonyl (C=O) groups excluding carboxylic acids is 1. The number of anilines is 2. The summed E-state index contributed by atoms with van der Waals surface area (Å²) in [4.78, 5) is 28.9. The average molecular weight is 475 g/mol. The molecule has 0 radical (unpaired) electrons. The van der Waals surface area contributed by atoms with Gasteiger partial charge in [-0.1, -0.05) is 12.1 Å². The molecule has 1 N–H and O–H groups in total. The minimum absolute atomic E-state index is 0. The lowest BCUT2D eigenvalue weighted by Crippen LogP contribution is -2.47. The van der Waals surface area contributed by atoms with Gasteiger partial charge in [0.1, 0.15) is 5.75 Å². The van der Waals surface area contributed by atoms with E-state index >= 15 is 0 Å². The van der Waals surface area contributed by atoms with Gasteiger partial charge >= 0.3 is 6.03 Å². The first-order valence-electron chi connectivity index (χ1n) is 11.5. The fourth-order valence-electron chi connectivity index (χ4n) is 4.73. The number of nitrogens with zero attached hydrogens (tertiary/aromatic N) is 5. The smallest absolute Gasteiger partial charge is 0.321 e. The summed E-state index contributed by atoms with van der Waals surface area (Å²) in [6.07, 6.45) is 3.19. The highest BCUT2D eigenvalue weighted by Gasteiger charge is 2.28. The van der Waals surface area contributed by atoms with E-state index in [0.29, 0.717) is 17.5 Å². The Balaban J connectivity index is 0.00000306. The second-order valence-electron chi connectivity index (χ2n) is 8.68. The molecule has 2 saturated heterocycles. The SMILES string of the molecule is COc1ccccc1NC(=O)N1CCCN(C2CCN(c3nc(C)cc(C)n3)CC2)CC1.Cl. The van der Waals surface area contributed by atoms with E-state index in [1.807, 2.05) is 49.1 Å². The van der Waals surface area contributed by atoms with Gasteiger partial charge in [0.05, 0.1) is 12.8 Å². The van der Waals surface area contributed by atoms with Crippen molar-refractivity contribution in [1.82, 2.24) is 19.8 Å². The normalized spacial score (nSPS) is 17.8. The van der Waals surface area contributed by atoms with Crippen molar-refractivity contribution in [2.24, 2.45) is 0 Å². The summed E-state index contributed by atoms with van der Waals surface area (Å²) in [6.45, 7) is 9.45. The first-order valence-corrected chi connectivity index (χ1v) is 11.5. The van der Waals surface area contributed by atoms with Crippen LogP contribution in [0.1, 0.15) is 30.7 Å². The number of para-hydroxylation sites is 2. The number of amides is 2. The number of aryl methyl sites for hydroxylation is 2.